The maximum Gasteiger partial charge on any atom is 0.185 e. The number of nitriles is 1. The molecule has 2 aromatic carbocycles. The summed E-state index contributed by atoms with van der Waals surface area (Å²) in [5, 5.41) is 9.63. The fourth-order valence-corrected chi connectivity index (χ4v) is 3.36. The van der Waals surface area contributed by atoms with Gasteiger partial charge in [0.2, 0.25) is 0 Å². The molecule has 0 N–H and O–H groups in total. The average Bonchev–Trinajstić information content (AvgIpc) is 2.47. The lowest BCUT2D eigenvalue weighted by atomic mass is 9.87. The first-order valence-corrected chi connectivity index (χ1v) is 10.6. The van der Waals surface area contributed by atoms with Crippen molar-refractivity contribution >= 4 is 8.32 Å². The molecule has 0 fully saturated rings. The number of hydrogen-bond donors (Lipinski definition) is 0. The second kappa shape index (κ2) is 6.71. The van der Waals surface area contributed by atoms with Gasteiger partial charge in [-0.1, -0.05) is 60.7 Å². The molecule has 2 rings (SSSR count). The van der Waals surface area contributed by atoms with Gasteiger partial charge in [0.05, 0.1) is 6.07 Å². The molecule has 0 heterocycles. The van der Waals surface area contributed by atoms with Crippen LogP contribution in [0.1, 0.15) is 17.0 Å². The minimum absolute atomic E-state index is 0.0517. The molecule has 2 nitrogen and oxygen atoms in total. The molecule has 0 aromatic heterocycles. The van der Waals surface area contributed by atoms with Crippen molar-refractivity contribution in [2.24, 2.45) is 0 Å². The van der Waals surface area contributed by atoms with Gasteiger partial charge in [0.25, 0.3) is 0 Å². The standard InChI is InChI=1S/C18H21NOSi/c1-21(2,3)20-17(14-19)18(15-10-6-4-7-11-15)16-12-8-5-9-13-16/h4-13,17-18H,1-3H3. The molecule has 2 aromatic rings. The van der Waals surface area contributed by atoms with E-state index in [1.165, 1.54) is 0 Å². The first kappa shape index (κ1) is 15.5. The minimum Gasteiger partial charge on any atom is -0.401 e. The molecule has 0 saturated carbocycles. The highest BCUT2D eigenvalue weighted by atomic mass is 28.4. The molecule has 0 bridgehead atoms. The molecule has 21 heavy (non-hydrogen) atoms. The van der Waals surface area contributed by atoms with E-state index in [1.54, 1.807) is 0 Å². The fourth-order valence-electron chi connectivity index (χ4n) is 2.41. The highest BCUT2D eigenvalue weighted by Gasteiger charge is 2.30. The third-order valence-corrected chi connectivity index (χ3v) is 4.19. The third kappa shape index (κ3) is 4.29. The molecule has 108 valence electrons. The first-order chi connectivity index (χ1) is 10.0. The van der Waals surface area contributed by atoms with Crippen LogP contribution in [-0.4, -0.2) is 14.4 Å². The van der Waals surface area contributed by atoms with E-state index < -0.39 is 14.4 Å². The quantitative estimate of drug-likeness (QED) is 0.757. The Morgan fingerprint density at radius 3 is 1.62 bits per heavy atom. The van der Waals surface area contributed by atoms with E-state index in [9.17, 15) is 5.26 Å². The van der Waals surface area contributed by atoms with Gasteiger partial charge in [-0.25, -0.2) is 0 Å². The summed E-state index contributed by atoms with van der Waals surface area (Å²) in [5.41, 5.74) is 2.24. The second-order valence-corrected chi connectivity index (χ2v) is 10.5. The van der Waals surface area contributed by atoms with E-state index in [-0.39, 0.29) is 5.92 Å². The van der Waals surface area contributed by atoms with E-state index in [2.05, 4.69) is 50.0 Å². The zero-order valence-electron chi connectivity index (χ0n) is 12.8. The first-order valence-electron chi connectivity index (χ1n) is 7.18. The highest BCUT2D eigenvalue weighted by Crippen LogP contribution is 2.31. The Bertz CT molecular complexity index is 559. The lowest BCUT2D eigenvalue weighted by Crippen LogP contribution is -2.35. The van der Waals surface area contributed by atoms with Crippen LogP contribution in [0.3, 0.4) is 0 Å². The topological polar surface area (TPSA) is 33.0 Å². The summed E-state index contributed by atoms with van der Waals surface area (Å²) in [6.07, 6.45) is -0.457. The van der Waals surface area contributed by atoms with Gasteiger partial charge in [-0.05, 0) is 30.8 Å². The van der Waals surface area contributed by atoms with E-state index in [0.717, 1.165) is 11.1 Å². The SMILES string of the molecule is C[Si](C)(C)OC(C#N)C(c1ccccc1)c1ccccc1. The zero-order chi connectivity index (χ0) is 15.3. The summed E-state index contributed by atoms with van der Waals surface area (Å²) in [4.78, 5) is 0. The molecule has 0 aliphatic rings. The molecule has 1 unspecified atom stereocenters. The third-order valence-electron chi connectivity index (χ3n) is 3.23. The normalized spacial score (nSPS) is 12.9. The number of nitrogens with zero attached hydrogens (tertiary/aromatic N) is 1. The van der Waals surface area contributed by atoms with E-state index >= 15 is 0 Å². The van der Waals surface area contributed by atoms with Crippen LogP contribution in [-0.2, 0) is 4.43 Å². The molecular formula is C18H21NOSi. The predicted octanol–water partition coefficient (Wildman–Crippen LogP) is 4.56. The van der Waals surface area contributed by atoms with Crippen LogP contribution in [0.2, 0.25) is 19.6 Å². The van der Waals surface area contributed by atoms with Gasteiger partial charge in [-0.2, -0.15) is 5.26 Å². The smallest absolute Gasteiger partial charge is 0.185 e. The van der Waals surface area contributed by atoms with Gasteiger partial charge >= 0.3 is 0 Å². The summed E-state index contributed by atoms with van der Waals surface area (Å²) < 4.78 is 6.14. The molecule has 0 aliphatic heterocycles. The minimum atomic E-state index is -1.79. The van der Waals surface area contributed by atoms with E-state index in [0.29, 0.717) is 0 Å². The molecule has 0 radical (unpaired) electrons. The summed E-state index contributed by atoms with van der Waals surface area (Å²) in [5.74, 6) is -0.0517. The molecule has 3 heteroatoms. The van der Waals surface area contributed by atoms with Crippen LogP contribution >= 0.6 is 0 Å². The largest absolute Gasteiger partial charge is 0.401 e. The van der Waals surface area contributed by atoms with Crippen LogP contribution in [0.5, 0.6) is 0 Å². The van der Waals surface area contributed by atoms with Gasteiger partial charge in [-0.15, -0.1) is 0 Å². The van der Waals surface area contributed by atoms with Gasteiger partial charge in [0.1, 0.15) is 6.10 Å². The van der Waals surface area contributed by atoms with Crippen LogP contribution in [0.25, 0.3) is 0 Å². The van der Waals surface area contributed by atoms with Crippen LogP contribution in [0.15, 0.2) is 60.7 Å². The monoisotopic (exact) mass is 295 g/mol. The summed E-state index contributed by atoms with van der Waals surface area (Å²) in [6.45, 7) is 6.35. The van der Waals surface area contributed by atoms with Gasteiger partial charge in [0, 0.05) is 5.92 Å². The Kier molecular flexibility index (Phi) is 4.95. The molecular weight excluding hydrogens is 274 g/mol. The van der Waals surface area contributed by atoms with E-state index in [1.807, 2.05) is 36.4 Å². The Labute approximate surface area is 128 Å². The maximum atomic E-state index is 9.63. The maximum absolute atomic E-state index is 9.63. The Balaban J connectivity index is 2.44. The van der Waals surface area contributed by atoms with Crippen molar-refractivity contribution < 1.29 is 4.43 Å². The zero-order valence-corrected chi connectivity index (χ0v) is 13.8. The Hall–Kier alpha value is -1.89. The average molecular weight is 295 g/mol. The predicted molar refractivity (Wildman–Crippen MR) is 88.6 cm³/mol. The van der Waals surface area contributed by atoms with Crippen molar-refractivity contribution in [3.05, 3.63) is 71.8 Å². The molecule has 1 atom stereocenters. The number of rotatable bonds is 5. The van der Waals surface area contributed by atoms with Crippen molar-refractivity contribution in [1.29, 1.82) is 5.26 Å². The summed E-state index contributed by atoms with van der Waals surface area (Å²) >= 11 is 0. The molecule has 0 amide bonds. The van der Waals surface area contributed by atoms with Crippen molar-refractivity contribution in [1.82, 2.24) is 0 Å². The van der Waals surface area contributed by atoms with Gasteiger partial charge in [-0.3, -0.25) is 0 Å². The molecule has 0 saturated heterocycles. The molecule has 0 aliphatic carbocycles. The summed E-state index contributed by atoms with van der Waals surface area (Å²) in [7, 11) is -1.79. The Morgan fingerprint density at radius 1 is 0.857 bits per heavy atom. The van der Waals surface area contributed by atoms with E-state index in [4.69, 9.17) is 4.43 Å². The highest BCUT2D eigenvalue weighted by molar-refractivity contribution is 6.69. The second-order valence-electron chi connectivity index (χ2n) is 6.08. The number of benzene rings is 2. The fraction of sp³-hybridized carbons (Fsp3) is 0.278. The van der Waals surface area contributed by atoms with Crippen molar-refractivity contribution in [2.75, 3.05) is 0 Å². The summed E-state index contributed by atoms with van der Waals surface area (Å²) in [6, 6.07) is 22.6. The van der Waals surface area contributed by atoms with Gasteiger partial charge in [0.15, 0.2) is 8.32 Å². The van der Waals surface area contributed by atoms with Crippen molar-refractivity contribution in [2.45, 2.75) is 31.7 Å². The van der Waals surface area contributed by atoms with Gasteiger partial charge < -0.3 is 4.43 Å². The van der Waals surface area contributed by atoms with Crippen molar-refractivity contribution in [3.8, 4) is 6.07 Å². The Morgan fingerprint density at radius 2 is 1.29 bits per heavy atom. The van der Waals surface area contributed by atoms with Crippen molar-refractivity contribution in [3.63, 3.8) is 0 Å². The molecule has 0 spiro atoms. The lowest BCUT2D eigenvalue weighted by molar-refractivity contribution is 0.230. The van der Waals surface area contributed by atoms with Crippen LogP contribution in [0, 0.1) is 11.3 Å². The lowest BCUT2D eigenvalue weighted by Gasteiger charge is -2.29. The van der Waals surface area contributed by atoms with Crippen LogP contribution in [0.4, 0.5) is 0 Å². The number of hydrogen-bond acceptors (Lipinski definition) is 2. The van der Waals surface area contributed by atoms with Crippen LogP contribution < -0.4 is 0 Å².